The van der Waals surface area contributed by atoms with Gasteiger partial charge in [0.15, 0.2) is 0 Å². The van der Waals surface area contributed by atoms with Crippen LogP contribution in [0.1, 0.15) is 17.3 Å². The Kier molecular flexibility index (Phi) is 3.98. The van der Waals surface area contributed by atoms with E-state index in [9.17, 15) is 0 Å². The highest BCUT2D eigenvalue weighted by molar-refractivity contribution is 14.1. The van der Waals surface area contributed by atoms with E-state index in [1.54, 1.807) is 0 Å². The maximum atomic E-state index is 5.89. The summed E-state index contributed by atoms with van der Waals surface area (Å²) in [4.78, 5) is 4.68. The molecule has 0 fully saturated rings. The van der Waals surface area contributed by atoms with Crippen LogP contribution in [0.4, 0.5) is 0 Å². The highest BCUT2D eigenvalue weighted by atomic mass is 127. The van der Waals surface area contributed by atoms with Crippen molar-refractivity contribution in [2.45, 2.75) is 19.9 Å². The number of aryl methyl sites for hydroxylation is 2. The molecule has 0 aliphatic carbocycles. The molecular weight excluding hydrogens is 389 g/mol. The number of hydrogen-bond acceptors (Lipinski definition) is 3. The van der Waals surface area contributed by atoms with Gasteiger partial charge in [0.25, 0.3) is 0 Å². The summed E-state index contributed by atoms with van der Waals surface area (Å²) in [5.74, 6) is 2.36. The molecule has 3 aromatic rings. The summed E-state index contributed by atoms with van der Waals surface area (Å²) in [6, 6.07) is 8.20. The first-order chi connectivity index (χ1) is 9.67. The lowest BCUT2D eigenvalue weighted by molar-refractivity contribution is 0.389. The van der Waals surface area contributed by atoms with Gasteiger partial charge in [0.05, 0.1) is 17.6 Å². The first kappa shape index (κ1) is 13.9. The van der Waals surface area contributed by atoms with E-state index < -0.39 is 0 Å². The van der Waals surface area contributed by atoms with Crippen LogP contribution >= 0.6 is 34.2 Å². The van der Waals surface area contributed by atoms with E-state index in [2.05, 4.69) is 55.5 Å². The molecule has 0 spiro atoms. The van der Waals surface area contributed by atoms with Crippen molar-refractivity contribution in [2.75, 3.05) is 5.88 Å². The summed E-state index contributed by atoms with van der Waals surface area (Å²) in [6.07, 6.45) is 0.740. The van der Waals surface area contributed by atoms with Crippen molar-refractivity contribution in [3.8, 4) is 0 Å². The Hall–Kier alpha value is -1.08. The largest absolute Gasteiger partial charge is 0.361 e. The SMILES string of the molecule is Cc1cc(Cn2c(CCCl)nc3cc(I)ccc32)no1. The van der Waals surface area contributed by atoms with Crippen molar-refractivity contribution in [1.82, 2.24) is 14.7 Å². The first-order valence-electron chi connectivity index (χ1n) is 6.30. The summed E-state index contributed by atoms with van der Waals surface area (Å²) >= 11 is 8.18. The number of alkyl halides is 1. The van der Waals surface area contributed by atoms with E-state index in [1.165, 1.54) is 3.57 Å². The third kappa shape index (κ3) is 2.69. The average molecular weight is 402 g/mol. The zero-order valence-corrected chi connectivity index (χ0v) is 13.8. The molecule has 0 atom stereocenters. The molecule has 0 aliphatic rings. The molecule has 6 heteroatoms. The predicted octanol–water partition coefficient (Wildman–Crippen LogP) is 3.77. The number of fused-ring (bicyclic) bond motifs is 1. The van der Waals surface area contributed by atoms with Crippen LogP contribution in [0.25, 0.3) is 11.0 Å². The molecule has 0 saturated heterocycles. The second kappa shape index (κ2) is 5.73. The lowest BCUT2D eigenvalue weighted by Gasteiger charge is -2.05. The van der Waals surface area contributed by atoms with Crippen LogP contribution in [0.15, 0.2) is 28.8 Å². The van der Waals surface area contributed by atoms with Gasteiger partial charge in [0, 0.05) is 21.9 Å². The number of benzene rings is 1. The summed E-state index contributed by atoms with van der Waals surface area (Å²) in [5, 5.41) is 4.06. The zero-order chi connectivity index (χ0) is 14.1. The molecule has 2 heterocycles. The minimum Gasteiger partial charge on any atom is -0.361 e. The Morgan fingerprint density at radius 3 is 2.90 bits per heavy atom. The summed E-state index contributed by atoms with van der Waals surface area (Å²) < 4.78 is 8.47. The Balaban J connectivity index is 2.08. The second-order valence-electron chi connectivity index (χ2n) is 4.62. The van der Waals surface area contributed by atoms with Crippen molar-refractivity contribution in [2.24, 2.45) is 0 Å². The normalized spacial score (nSPS) is 11.3. The van der Waals surface area contributed by atoms with Crippen LogP contribution in [0.2, 0.25) is 0 Å². The fraction of sp³-hybridized carbons (Fsp3) is 0.286. The molecule has 0 amide bonds. The molecule has 0 N–H and O–H groups in total. The van der Waals surface area contributed by atoms with E-state index in [-0.39, 0.29) is 0 Å². The van der Waals surface area contributed by atoms with Crippen molar-refractivity contribution >= 4 is 45.2 Å². The van der Waals surface area contributed by atoms with E-state index in [4.69, 9.17) is 16.1 Å². The van der Waals surface area contributed by atoms with Crippen LogP contribution in [0.3, 0.4) is 0 Å². The lowest BCUT2D eigenvalue weighted by Crippen LogP contribution is -2.06. The molecule has 3 rings (SSSR count). The summed E-state index contributed by atoms with van der Waals surface area (Å²) in [7, 11) is 0. The topological polar surface area (TPSA) is 43.9 Å². The Morgan fingerprint density at radius 2 is 2.20 bits per heavy atom. The van der Waals surface area contributed by atoms with Gasteiger partial charge in [-0.05, 0) is 47.7 Å². The van der Waals surface area contributed by atoms with Crippen molar-refractivity contribution in [1.29, 1.82) is 0 Å². The number of aromatic nitrogens is 3. The molecule has 0 unspecified atom stereocenters. The zero-order valence-electron chi connectivity index (χ0n) is 10.9. The van der Waals surface area contributed by atoms with Gasteiger partial charge < -0.3 is 9.09 Å². The van der Waals surface area contributed by atoms with Crippen LogP contribution in [0, 0.1) is 10.5 Å². The number of imidazole rings is 1. The van der Waals surface area contributed by atoms with Crippen LogP contribution in [-0.4, -0.2) is 20.6 Å². The summed E-state index contributed by atoms with van der Waals surface area (Å²) in [5.41, 5.74) is 3.00. The van der Waals surface area contributed by atoms with E-state index in [0.29, 0.717) is 12.4 Å². The van der Waals surface area contributed by atoms with Gasteiger partial charge in [-0.3, -0.25) is 0 Å². The standard InChI is InChI=1S/C14H13ClIN3O/c1-9-6-11(18-20-9)8-19-13-3-2-10(16)7-12(13)17-14(19)4-5-15/h2-3,6-7H,4-5,8H2,1H3. The van der Waals surface area contributed by atoms with Crippen molar-refractivity contribution < 1.29 is 4.52 Å². The number of nitrogens with zero attached hydrogens (tertiary/aromatic N) is 3. The molecule has 104 valence electrons. The fourth-order valence-electron chi connectivity index (χ4n) is 2.26. The molecule has 0 radical (unpaired) electrons. The minimum absolute atomic E-state index is 0.554. The predicted molar refractivity (Wildman–Crippen MR) is 87.2 cm³/mol. The van der Waals surface area contributed by atoms with Gasteiger partial charge in [0.2, 0.25) is 0 Å². The Morgan fingerprint density at radius 1 is 1.35 bits per heavy atom. The third-order valence-corrected chi connectivity index (χ3v) is 3.96. The monoisotopic (exact) mass is 401 g/mol. The highest BCUT2D eigenvalue weighted by Crippen LogP contribution is 2.21. The maximum Gasteiger partial charge on any atom is 0.133 e. The van der Waals surface area contributed by atoms with Gasteiger partial charge in [-0.15, -0.1) is 11.6 Å². The highest BCUT2D eigenvalue weighted by Gasteiger charge is 2.12. The number of hydrogen-bond donors (Lipinski definition) is 0. The van der Waals surface area contributed by atoms with Crippen LogP contribution in [-0.2, 0) is 13.0 Å². The van der Waals surface area contributed by atoms with E-state index in [0.717, 1.165) is 34.7 Å². The number of rotatable bonds is 4. The Bertz CT molecular complexity index is 750. The quantitative estimate of drug-likeness (QED) is 0.494. The summed E-state index contributed by atoms with van der Waals surface area (Å²) in [6.45, 7) is 2.55. The molecule has 0 bridgehead atoms. The van der Waals surface area contributed by atoms with Crippen LogP contribution < -0.4 is 0 Å². The minimum atomic E-state index is 0.554. The van der Waals surface area contributed by atoms with Crippen LogP contribution in [0.5, 0.6) is 0 Å². The second-order valence-corrected chi connectivity index (χ2v) is 6.24. The maximum absolute atomic E-state index is 5.89. The van der Waals surface area contributed by atoms with Gasteiger partial charge in [0.1, 0.15) is 17.3 Å². The van der Waals surface area contributed by atoms with Gasteiger partial charge in [-0.1, -0.05) is 5.16 Å². The Labute approximate surface area is 135 Å². The molecule has 2 aromatic heterocycles. The fourth-order valence-corrected chi connectivity index (χ4v) is 2.90. The van der Waals surface area contributed by atoms with Gasteiger partial charge in [-0.25, -0.2) is 4.98 Å². The van der Waals surface area contributed by atoms with Gasteiger partial charge >= 0.3 is 0 Å². The molecule has 4 nitrogen and oxygen atoms in total. The first-order valence-corrected chi connectivity index (χ1v) is 7.91. The number of halogens is 2. The van der Waals surface area contributed by atoms with E-state index in [1.807, 2.05) is 13.0 Å². The third-order valence-electron chi connectivity index (χ3n) is 3.10. The average Bonchev–Trinajstić information content (AvgIpc) is 2.95. The lowest BCUT2D eigenvalue weighted by atomic mass is 10.3. The smallest absolute Gasteiger partial charge is 0.133 e. The van der Waals surface area contributed by atoms with Crippen molar-refractivity contribution in [3.63, 3.8) is 0 Å². The molecule has 0 saturated carbocycles. The van der Waals surface area contributed by atoms with E-state index >= 15 is 0 Å². The molecule has 0 aliphatic heterocycles. The molecule has 20 heavy (non-hydrogen) atoms. The van der Waals surface area contributed by atoms with Gasteiger partial charge in [-0.2, -0.15) is 0 Å². The molecular formula is C14H13ClIN3O. The molecule has 1 aromatic carbocycles. The van der Waals surface area contributed by atoms with Crippen molar-refractivity contribution in [3.05, 3.63) is 45.1 Å².